The van der Waals surface area contributed by atoms with Crippen molar-refractivity contribution in [1.82, 2.24) is 29.6 Å². The second kappa shape index (κ2) is 8.01. The monoisotopic (exact) mass is 392 g/mol. The summed E-state index contributed by atoms with van der Waals surface area (Å²) in [5, 5.41) is 7.32. The number of aromatic nitrogens is 5. The van der Waals surface area contributed by atoms with Gasteiger partial charge in [-0.15, -0.1) is 0 Å². The molecular formula is C20H17FN6O2. The van der Waals surface area contributed by atoms with Gasteiger partial charge in [0.1, 0.15) is 11.2 Å². The Morgan fingerprint density at radius 1 is 1.10 bits per heavy atom. The van der Waals surface area contributed by atoms with E-state index in [2.05, 4.69) is 20.4 Å². The van der Waals surface area contributed by atoms with E-state index in [9.17, 15) is 14.0 Å². The van der Waals surface area contributed by atoms with Gasteiger partial charge in [-0.05, 0) is 42.0 Å². The Morgan fingerprint density at radius 3 is 2.62 bits per heavy atom. The van der Waals surface area contributed by atoms with Crippen LogP contribution in [0.2, 0.25) is 0 Å². The number of carbonyl (C=O) groups is 1. The average Bonchev–Trinajstić information content (AvgIpc) is 3.18. The van der Waals surface area contributed by atoms with Crippen molar-refractivity contribution in [1.29, 1.82) is 0 Å². The number of nitrogens with one attached hydrogen (secondary N) is 1. The van der Waals surface area contributed by atoms with Crippen molar-refractivity contribution in [2.75, 3.05) is 0 Å². The van der Waals surface area contributed by atoms with Gasteiger partial charge >= 0.3 is 0 Å². The molecule has 0 aliphatic heterocycles. The Labute approximate surface area is 164 Å². The summed E-state index contributed by atoms with van der Waals surface area (Å²) in [7, 11) is 0. The minimum Gasteiger partial charge on any atom is -0.352 e. The Kier molecular flexibility index (Phi) is 5.10. The van der Waals surface area contributed by atoms with Gasteiger partial charge in [0.05, 0.1) is 18.2 Å². The van der Waals surface area contributed by atoms with Gasteiger partial charge in [0.2, 0.25) is 5.91 Å². The molecule has 4 aromatic rings. The fourth-order valence-corrected chi connectivity index (χ4v) is 2.89. The first kappa shape index (κ1) is 18.5. The Morgan fingerprint density at radius 2 is 1.86 bits per heavy atom. The molecule has 0 radical (unpaired) electrons. The number of hydrogen-bond donors (Lipinski definition) is 1. The molecule has 0 atom stereocenters. The number of aryl methyl sites for hydroxylation is 1. The van der Waals surface area contributed by atoms with Crippen molar-refractivity contribution < 1.29 is 9.18 Å². The molecule has 8 nitrogen and oxygen atoms in total. The van der Waals surface area contributed by atoms with Crippen molar-refractivity contribution in [3.05, 3.63) is 83.1 Å². The SMILES string of the molecule is O=C(CCn1cnc2c(cnn2-c2ccc(F)cc2)c1=O)NCc1ccncc1. The normalized spacial score (nSPS) is 10.9. The molecule has 3 aromatic heterocycles. The topological polar surface area (TPSA) is 94.7 Å². The van der Waals surface area contributed by atoms with Crippen LogP contribution >= 0.6 is 0 Å². The molecule has 0 bridgehead atoms. The lowest BCUT2D eigenvalue weighted by Gasteiger charge is -2.07. The average molecular weight is 392 g/mol. The third-order valence-electron chi connectivity index (χ3n) is 4.44. The van der Waals surface area contributed by atoms with Crippen LogP contribution in [0.1, 0.15) is 12.0 Å². The Balaban J connectivity index is 1.46. The van der Waals surface area contributed by atoms with Crippen LogP contribution in [0.4, 0.5) is 4.39 Å². The van der Waals surface area contributed by atoms with E-state index >= 15 is 0 Å². The summed E-state index contributed by atoms with van der Waals surface area (Å²) in [6, 6.07) is 9.39. The van der Waals surface area contributed by atoms with Crippen LogP contribution in [-0.2, 0) is 17.9 Å². The van der Waals surface area contributed by atoms with Crippen LogP contribution in [-0.4, -0.2) is 30.2 Å². The van der Waals surface area contributed by atoms with Crippen LogP contribution in [0.3, 0.4) is 0 Å². The van der Waals surface area contributed by atoms with Gasteiger partial charge in [-0.3, -0.25) is 19.1 Å². The molecule has 4 rings (SSSR count). The molecule has 0 aliphatic carbocycles. The molecule has 0 saturated carbocycles. The third-order valence-corrected chi connectivity index (χ3v) is 4.44. The molecule has 0 unspecified atom stereocenters. The Hall–Kier alpha value is -3.88. The van der Waals surface area contributed by atoms with E-state index in [4.69, 9.17) is 0 Å². The maximum absolute atomic E-state index is 13.1. The standard InChI is InChI=1S/C20H17FN6O2/c21-15-1-3-16(4-2-15)27-19-17(12-25-27)20(29)26(13-24-19)10-7-18(28)23-11-14-5-8-22-9-6-14/h1-6,8-9,12-13H,7,10-11H2,(H,23,28). The van der Waals surface area contributed by atoms with Crippen LogP contribution in [0, 0.1) is 5.82 Å². The zero-order valence-corrected chi connectivity index (χ0v) is 15.3. The van der Waals surface area contributed by atoms with Crippen molar-refractivity contribution in [3.8, 4) is 5.69 Å². The largest absolute Gasteiger partial charge is 0.352 e. The minimum atomic E-state index is -0.359. The number of hydrogen-bond acceptors (Lipinski definition) is 5. The lowest BCUT2D eigenvalue weighted by Crippen LogP contribution is -2.27. The van der Waals surface area contributed by atoms with Crippen molar-refractivity contribution in [2.24, 2.45) is 0 Å². The molecule has 1 amide bonds. The number of carbonyl (C=O) groups excluding carboxylic acids is 1. The summed E-state index contributed by atoms with van der Waals surface area (Å²) in [5.41, 5.74) is 1.63. The number of halogens is 1. The number of benzene rings is 1. The predicted octanol–water partition coefficient (Wildman–Crippen LogP) is 1.82. The van der Waals surface area contributed by atoms with Gasteiger partial charge in [0.15, 0.2) is 5.65 Å². The maximum Gasteiger partial charge on any atom is 0.264 e. The van der Waals surface area contributed by atoms with Gasteiger partial charge in [-0.1, -0.05) is 0 Å². The van der Waals surface area contributed by atoms with Gasteiger partial charge in [-0.2, -0.15) is 5.10 Å². The fraction of sp³-hybridized carbons (Fsp3) is 0.150. The highest BCUT2D eigenvalue weighted by Crippen LogP contribution is 2.14. The summed E-state index contributed by atoms with van der Waals surface area (Å²) >= 11 is 0. The Bertz CT molecular complexity index is 1200. The first-order valence-electron chi connectivity index (χ1n) is 8.96. The van der Waals surface area contributed by atoms with Crippen molar-refractivity contribution in [2.45, 2.75) is 19.5 Å². The summed E-state index contributed by atoms with van der Waals surface area (Å²) in [4.78, 5) is 33.0. The minimum absolute atomic E-state index is 0.143. The summed E-state index contributed by atoms with van der Waals surface area (Å²) in [6.07, 6.45) is 6.28. The number of pyridine rings is 1. The molecule has 0 aliphatic rings. The molecule has 1 N–H and O–H groups in total. The second-order valence-electron chi connectivity index (χ2n) is 6.40. The zero-order chi connectivity index (χ0) is 20.2. The highest BCUT2D eigenvalue weighted by Gasteiger charge is 2.12. The number of amides is 1. The quantitative estimate of drug-likeness (QED) is 0.540. The van der Waals surface area contributed by atoms with E-state index in [0.29, 0.717) is 23.3 Å². The molecule has 1 aromatic carbocycles. The zero-order valence-electron chi connectivity index (χ0n) is 15.3. The summed E-state index contributed by atoms with van der Waals surface area (Å²) < 4.78 is 16.0. The van der Waals surface area contributed by atoms with Gasteiger partial charge in [0.25, 0.3) is 5.56 Å². The van der Waals surface area contributed by atoms with Crippen LogP contribution in [0.15, 0.2) is 66.1 Å². The molecule has 9 heteroatoms. The highest BCUT2D eigenvalue weighted by molar-refractivity contribution is 5.76. The number of nitrogens with zero attached hydrogens (tertiary/aromatic N) is 5. The van der Waals surface area contributed by atoms with E-state index in [0.717, 1.165) is 5.56 Å². The molecular weight excluding hydrogens is 375 g/mol. The van der Waals surface area contributed by atoms with Crippen molar-refractivity contribution >= 4 is 16.9 Å². The first-order chi connectivity index (χ1) is 14.1. The van der Waals surface area contributed by atoms with Crippen LogP contribution < -0.4 is 10.9 Å². The van der Waals surface area contributed by atoms with Gasteiger partial charge < -0.3 is 5.32 Å². The lowest BCUT2D eigenvalue weighted by molar-refractivity contribution is -0.121. The maximum atomic E-state index is 13.1. The molecule has 146 valence electrons. The molecule has 3 heterocycles. The van der Waals surface area contributed by atoms with E-state index < -0.39 is 0 Å². The lowest BCUT2D eigenvalue weighted by atomic mass is 10.2. The first-order valence-corrected chi connectivity index (χ1v) is 8.96. The van der Waals surface area contributed by atoms with Crippen LogP contribution in [0.5, 0.6) is 0 Å². The smallest absolute Gasteiger partial charge is 0.264 e. The predicted molar refractivity (Wildman–Crippen MR) is 104 cm³/mol. The summed E-state index contributed by atoms with van der Waals surface area (Å²) in [5.74, 6) is -0.529. The van der Waals surface area contributed by atoms with Crippen LogP contribution in [0.25, 0.3) is 16.7 Å². The van der Waals surface area contributed by atoms with Crippen molar-refractivity contribution in [3.63, 3.8) is 0 Å². The number of rotatable bonds is 6. The van der Waals surface area contributed by atoms with Gasteiger partial charge in [0, 0.05) is 31.9 Å². The van der Waals surface area contributed by atoms with E-state index in [1.165, 1.54) is 33.9 Å². The highest BCUT2D eigenvalue weighted by atomic mass is 19.1. The van der Waals surface area contributed by atoms with E-state index in [1.54, 1.807) is 24.5 Å². The van der Waals surface area contributed by atoms with E-state index in [-0.39, 0.29) is 30.2 Å². The molecule has 0 saturated heterocycles. The molecule has 0 spiro atoms. The summed E-state index contributed by atoms with van der Waals surface area (Å²) in [6.45, 7) is 0.601. The van der Waals surface area contributed by atoms with Gasteiger partial charge in [-0.25, -0.2) is 14.1 Å². The molecule has 0 fully saturated rings. The third kappa shape index (κ3) is 4.03. The molecule has 29 heavy (non-hydrogen) atoms. The fourth-order valence-electron chi connectivity index (χ4n) is 2.89. The second-order valence-corrected chi connectivity index (χ2v) is 6.40. The number of fused-ring (bicyclic) bond motifs is 1. The van der Waals surface area contributed by atoms with E-state index in [1.807, 2.05) is 12.1 Å².